The molecule has 0 atom stereocenters. The van der Waals surface area contributed by atoms with Crippen molar-refractivity contribution in [3.8, 4) is 17.4 Å². The highest BCUT2D eigenvalue weighted by molar-refractivity contribution is 5.90. The maximum atomic E-state index is 12.7. The summed E-state index contributed by atoms with van der Waals surface area (Å²) < 4.78 is 6.93. The van der Waals surface area contributed by atoms with Gasteiger partial charge < -0.3 is 9.73 Å². The summed E-state index contributed by atoms with van der Waals surface area (Å²) in [7, 11) is 0. The van der Waals surface area contributed by atoms with E-state index in [4.69, 9.17) is 4.42 Å². The van der Waals surface area contributed by atoms with Crippen LogP contribution in [0, 0.1) is 5.92 Å². The first-order valence-corrected chi connectivity index (χ1v) is 11.2. The van der Waals surface area contributed by atoms with E-state index in [1.54, 1.807) is 24.5 Å². The molecule has 3 heterocycles. The maximum Gasteiger partial charge on any atom is 0.252 e. The highest BCUT2D eigenvalue weighted by atomic mass is 16.3. The first-order chi connectivity index (χ1) is 15.1. The lowest BCUT2D eigenvalue weighted by molar-refractivity contribution is -0.116. The third kappa shape index (κ3) is 5.31. The van der Waals surface area contributed by atoms with E-state index < -0.39 is 0 Å². The molecule has 1 fully saturated rings. The highest BCUT2D eigenvalue weighted by Gasteiger charge is 2.19. The average molecular weight is 424 g/mol. The number of amides is 1. The highest BCUT2D eigenvalue weighted by Crippen LogP contribution is 2.28. The van der Waals surface area contributed by atoms with Gasteiger partial charge in [-0.15, -0.1) is 0 Å². The van der Waals surface area contributed by atoms with Crippen LogP contribution in [0.2, 0.25) is 0 Å². The minimum atomic E-state index is -0.252. The summed E-state index contributed by atoms with van der Waals surface area (Å²) in [5.74, 6) is 1.87. The molecule has 164 valence electrons. The molecule has 8 heteroatoms. The molecule has 0 spiro atoms. The fraction of sp³-hybridized carbons (Fsp3) is 0.478. The quantitative estimate of drug-likeness (QED) is 0.556. The molecule has 0 unspecified atom stereocenters. The van der Waals surface area contributed by atoms with Gasteiger partial charge in [-0.2, -0.15) is 9.78 Å². The molecular weight excluding hydrogens is 394 g/mol. The maximum absolute atomic E-state index is 12.7. The Kier molecular flexibility index (Phi) is 6.64. The molecule has 0 aliphatic heterocycles. The Bertz CT molecular complexity index is 1060. The van der Waals surface area contributed by atoms with E-state index in [0.717, 1.165) is 12.8 Å². The molecular formula is C23H29N5O3. The van der Waals surface area contributed by atoms with Gasteiger partial charge in [-0.3, -0.25) is 14.6 Å². The Balaban J connectivity index is 1.58. The summed E-state index contributed by atoms with van der Waals surface area (Å²) in [6.07, 6.45) is 10.7. The monoisotopic (exact) mass is 423 g/mol. The van der Waals surface area contributed by atoms with Gasteiger partial charge in [0, 0.05) is 24.2 Å². The predicted molar refractivity (Wildman–Crippen MR) is 118 cm³/mol. The van der Waals surface area contributed by atoms with E-state index in [1.807, 2.05) is 6.92 Å². The van der Waals surface area contributed by atoms with E-state index in [9.17, 15) is 9.59 Å². The fourth-order valence-corrected chi connectivity index (χ4v) is 4.17. The van der Waals surface area contributed by atoms with E-state index >= 15 is 0 Å². The molecule has 0 bridgehead atoms. The number of furan rings is 1. The number of aryl methyl sites for hydroxylation is 1. The molecule has 1 saturated carbocycles. The molecule has 0 aromatic carbocycles. The van der Waals surface area contributed by atoms with Crippen LogP contribution in [0.3, 0.4) is 0 Å². The van der Waals surface area contributed by atoms with Gasteiger partial charge in [0.05, 0.1) is 6.26 Å². The SMILES string of the molecule is CCCc1cc(=O)[nH]c(-n2nc(-c3ccco3)cc2NC(=O)CCC2CCCCC2)n1. The first kappa shape index (κ1) is 21.1. The van der Waals surface area contributed by atoms with Gasteiger partial charge >= 0.3 is 0 Å². The van der Waals surface area contributed by atoms with E-state index in [1.165, 1.54) is 42.9 Å². The number of rotatable bonds is 8. The second kappa shape index (κ2) is 9.76. The summed E-state index contributed by atoms with van der Waals surface area (Å²) in [6.45, 7) is 2.03. The Hall–Kier alpha value is -3.16. The fourth-order valence-electron chi connectivity index (χ4n) is 4.17. The minimum absolute atomic E-state index is 0.0650. The number of carbonyl (C=O) groups excluding carboxylic acids is 1. The summed E-state index contributed by atoms with van der Waals surface area (Å²) in [5, 5.41) is 7.50. The molecule has 0 saturated heterocycles. The minimum Gasteiger partial charge on any atom is -0.463 e. The Labute approximate surface area is 181 Å². The lowest BCUT2D eigenvalue weighted by atomic mass is 9.86. The van der Waals surface area contributed by atoms with Crippen molar-refractivity contribution in [2.45, 2.75) is 64.7 Å². The Morgan fingerprint density at radius 3 is 2.87 bits per heavy atom. The molecule has 31 heavy (non-hydrogen) atoms. The van der Waals surface area contributed by atoms with Crippen molar-refractivity contribution < 1.29 is 9.21 Å². The average Bonchev–Trinajstić information content (AvgIpc) is 3.43. The second-order valence-corrected chi connectivity index (χ2v) is 8.21. The standard InChI is InChI=1S/C23H29N5O3/c1-2-7-17-14-22(30)26-23(24-17)28-20(15-18(27-28)19-10-6-13-31-19)25-21(29)12-11-16-8-4-3-5-9-16/h6,10,13-16H,2-5,7-9,11-12H2,1H3,(H,25,29)(H,24,26,30). The number of hydrogen-bond acceptors (Lipinski definition) is 5. The molecule has 1 aliphatic rings. The first-order valence-electron chi connectivity index (χ1n) is 11.2. The largest absolute Gasteiger partial charge is 0.463 e. The van der Waals surface area contributed by atoms with Crippen molar-refractivity contribution in [2.24, 2.45) is 5.92 Å². The van der Waals surface area contributed by atoms with Crippen molar-refractivity contribution >= 4 is 11.7 Å². The van der Waals surface area contributed by atoms with Gasteiger partial charge in [0.1, 0.15) is 11.5 Å². The molecule has 8 nitrogen and oxygen atoms in total. The number of aromatic amines is 1. The van der Waals surface area contributed by atoms with Crippen LogP contribution in [-0.2, 0) is 11.2 Å². The zero-order chi connectivity index (χ0) is 21.6. The van der Waals surface area contributed by atoms with Gasteiger partial charge in [0.2, 0.25) is 11.9 Å². The van der Waals surface area contributed by atoms with Crippen molar-refractivity contribution in [1.29, 1.82) is 0 Å². The predicted octanol–water partition coefficient (Wildman–Crippen LogP) is 4.47. The van der Waals surface area contributed by atoms with E-state index in [-0.39, 0.29) is 17.4 Å². The zero-order valence-corrected chi connectivity index (χ0v) is 17.9. The number of nitrogens with one attached hydrogen (secondary N) is 2. The van der Waals surface area contributed by atoms with Gasteiger partial charge in [-0.25, -0.2) is 4.98 Å². The molecule has 1 amide bonds. The normalized spacial score (nSPS) is 14.6. The van der Waals surface area contributed by atoms with Crippen LogP contribution in [0.25, 0.3) is 17.4 Å². The summed E-state index contributed by atoms with van der Waals surface area (Å²) >= 11 is 0. The Morgan fingerprint density at radius 1 is 1.29 bits per heavy atom. The number of aromatic nitrogens is 4. The molecule has 4 rings (SSSR count). The number of H-pyrrole nitrogens is 1. The zero-order valence-electron chi connectivity index (χ0n) is 17.9. The lowest BCUT2D eigenvalue weighted by Gasteiger charge is -2.21. The summed E-state index contributed by atoms with van der Waals surface area (Å²) in [6, 6.07) is 6.81. The third-order valence-electron chi connectivity index (χ3n) is 5.74. The van der Waals surface area contributed by atoms with Crippen molar-refractivity contribution in [1.82, 2.24) is 19.7 Å². The topological polar surface area (TPSA) is 106 Å². The van der Waals surface area contributed by atoms with Gasteiger partial charge in [-0.1, -0.05) is 45.4 Å². The van der Waals surface area contributed by atoms with Gasteiger partial charge in [0.25, 0.3) is 5.56 Å². The number of nitrogens with zero attached hydrogens (tertiary/aromatic N) is 3. The lowest BCUT2D eigenvalue weighted by Crippen LogP contribution is -2.20. The summed E-state index contributed by atoms with van der Waals surface area (Å²) in [4.78, 5) is 32.1. The van der Waals surface area contributed by atoms with Crippen LogP contribution >= 0.6 is 0 Å². The van der Waals surface area contributed by atoms with E-state index in [0.29, 0.717) is 41.7 Å². The number of hydrogen-bond donors (Lipinski definition) is 2. The van der Waals surface area contributed by atoms with Crippen LogP contribution in [0.1, 0.15) is 64.0 Å². The van der Waals surface area contributed by atoms with Crippen LogP contribution in [-0.4, -0.2) is 25.7 Å². The number of anilines is 1. The van der Waals surface area contributed by atoms with Gasteiger partial charge in [-0.05, 0) is 30.9 Å². The van der Waals surface area contributed by atoms with Crippen LogP contribution in [0.15, 0.2) is 39.7 Å². The van der Waals surface area contributed by atoms with E-state index in [2.05, 4.69) is 20.4 Å². The van der Waals surface area contributed by atoms with Crippen LogP contribution < -0.4 is 10.9 Å². The second-order valence-electron chi connectivity index (χ2n) is 8.21. The van der Waals surface area contributed by atoms with Gasteiger partial charge in [0.15, 0.2) is 5.76 Å². The van der Waals surface area contributed by atoms with Crippen LogP contribution in [0.4, 0.5) is 5.82 Å². The van der Waals surface area contributed by atoms with Crippen molar-refractivity contribution in [3.63, 3.8) is 0 Å². The van der Waals surface area contributed by atoms with Crippen molar-refractivity contribution in [2.75, 3.05) is 5.32 Å². The summed E-state index contributed by atoms with van der Waals surface area (Å²) in [5.41, 5.74) is 0.986. The smallest absolute Gasteiger partial charge is 0.252 e. The Morgan fingerprint density at radius 2 is 2.13 bits per heavy atom. The third-order valence-corrected chi connectivity index (χ3v) is 5.74. The molecule has 2 N–H and O–H groups in total. The molecule has 1 aliphatic carbocycles. The molecule has 3 aromatic rings. The number of carbonyl (C=O) groups is 1. The van der Waals surface area contributed by atoms with Crippen molar-refractivity contribution in [3.05, 3.63) is 46.6 Å². The molecule has 3 aromatic heterocycles. The van der Waals surface area contributed by atoms with Crippen LogP contribution in [0.5, 0.6) is 0 Å². The molecule has 0 radical (unpaired) electrons.